The van der Waals surface area contributed by atoms with Gasteiger partial charge in [-0.05, 0) is 48.9 Å². The van der Waals surface area contributed by atoms with Gasteiger partial charge < -0.3 is 19.4 Å². The molecular formula is C20H24N4O4. The highest BCUT2D eigenvalue weighted by molar-refractivity contribution is 5.94. The van der Waals surface area contributed by atoms with Crippen LogP contribution in [-0.2, 0) is 17.7 Å². The zero-order chi connectivity index (χ0) is 19.3. The summed E-state index contributed by atoms with van der Waals surface area (Å²) in [6, 6.07) is 5.02. The molecule has 0 spiro atoms. The number of carbonyl (C=O) groups excluding carboxylic acids is 2. The highest BCUT2D eigenvalue weighted by Crippen LogP contribution is 2.20. The molecule has 1 saturated heterocycles. The second kappa shape index (κ2) is 8.43. The monoisotopic (exact) mass is 384 g/mol. The standard InChI is InChI=1S/C20H24N4O4/c25-19(22-11-14-4-8-27-9-5-14)16-1-2-18(21-12-16)23-20(26)24-7-3-15-6-10-28-17(15)13-24/h1-2,6,10,12,14H,3-5,7-9,11,13H2,(H,22,25)(H,21,23,26). The van der Waals surface area contributed by atoms with Crippen molar-refractivity contribution in [2.24, 2.45) is 5.92 Å². The Hall–Kier alpha value is -2.87. The van der Waals surface area contributed by atoms with Gasteiger partial charge in [0.15, 0.2) is 0 Å². The topological polar surface area (TPSA) is 96.7 Å². The van der Waals surface area contributed by atoms with Crippen molar-refractivity contribution < 1.29 is 18.7 Å². The van der Waals surface area contributed by atoms with Crippen molar-refractivity contribution in [1.29, 1.82) is 0 Å². The number of anilines is 1. The first-order valence-electron chi connectivity index (χ1n) is 9.62. The molecule has 0 bridgehead atoms. The maximum Gasteiger partial charge on any atom is 0.323 e. The van der Waals surface area contributed by atoms with Crippen molar-refractivity contribution in [1.82, 2.24) is 15.2 Å². The molecule has 0 aromatic carbocycles. The lowest BCUT2D eigenvalue weighted by Crippen LogP contribution is -2.38. The minimum absolute atomic E-state index is 0.154. The van der Waals surface area contributed by atoms with E-state index in [-0.39, 0.29) is 11.9 Å². The van der Waals surface area contributed by atoms with Crippen LogP contribution in [0, 0.1) is 5.92 Å². The van der Waals surface area contributed by atoms with Gasteiger partial charge in [-0.25, -0.2) is 9.78 Å². The number of hydrogen-bond donors (Lipinski definition) is 2. The molecule has 0 radical (unpaired) electrons. The third-order valence-corrected chi connectivity index (χ3v) is 5.26. The molecule has 2 aliphatic heterocycles. The molecule has 2 aromatic rings. The number of aromatic nitrogens is 1. The Labute approximate surface area is 163 Å². The Morgan fingerprint density at radius 1 is 1.21 bits per heavy atom. The van der Waals surface area contributed by atoms with Gasteiger partial charge in [-0.15, -0.1) is 0 Å². The van der Waals surface area contributed by atoms with Crippen LogP contribution in [-0.4, -0.2) is 48.1 Å². The summed E-state index contributed by atoms with van der Waals surface area (Å²) >= 11 is 0. The molecular weight excluding hydrogens is 360 g/mol. The van der Waals surface area contributed by atoms with Crippen molar-refractivity contribution in [3.8, 4) is 0 Å². The lowest BCUT2D eigenvalue weighted by Gasteiger charge is -2.26. The number of nitrogens with one attached hydrogen (secondary N) is 2. The Morgan fingerprint density at radius 3 is 2.86 bits per heavy atom. The van der Waals surface area contributed by atoms with E-state index in [4.69, 9.17) is 9.15 Å². The number of furan rings is 1. The molecule has 8 nitrogen and oxygen atoms in total. The number of urea groups is 1. The number of hydrogen-bond acceptors (Lipinski definition) is 5. The van der Waals surface area contributed by atoms with E-state index in [1.807, 2.05) is 6.07 Å². The molecule has 8 heteroatoms. The van der Waals surface area contributed by atoms with Crippen molar-refractivity contribution >= 4 is 17.8 Å². The maximum atomic E-state index is 12.4. The van der Waals surface area contributed by atoms with E-state index in [0.29, 0.717) is 36.9 Å². The fourth-order valence-corrected chi connectivity index (χ4v) is 3.49. The third-order valence-electron chi connectivity index (χ3n) is 5.26. The number of ether oxygens (including phenoxy) is 1. The van der Waals surface area contributed by atoms with E-state index in [0.717, 1.165) is 43.8 Å². The van der Waals surface area contributed by atoms with Crippen LogP contribution in [0.5, 0.6) is 0 Å². The molecule has 1 fully saturated rings. The largest absolute Gasteiger partial charge is 0.467 e. The Bertz CT molecular complexity index is 827. The van der Waals surface area contributed by atoms with Gasteiger partial charge in [0, 0.05) is 32.5 Å². The lowest BCUT2D eigenvalue weighted by atomic mass is 10.0. The van der Waals surface area contributed by atoms with Crippen molar-refractivity contribution in [2.45, 2.75) is 25.8 Å². The molecule has 148 valence electrons. The van der Waals surface area contributed by atoms with Crippen LogP contribution in [0.15, 0.2) is 35.1 Å². The summed E-state index contributed by atoms with van der Waals surface area (Å²) < 4.78 is 10.7. The summed E-state index contributed by atoms with van der Waals surface area (Å²) in [5, 5.41) is 5.72. The van der Waals surface area contributed by atoms with Crippen molar-refractivity contribution in [3.05, 3.63) is 47.5 Å². The molecule has 0 aliphatic carbocycles. The number of amides is 3. The smallest absolute Gasteiger partial charge is 0.323 e. The van der Waals surface area contributed by atoms with Gasteiger partial charge in [0.1, 0.15) is 11.6 Å². The second-order valence-electron chi connectivity index (χ2n) is 7.17. The Kier molecular flexibility index (Phi) is 5.57. The van der Waals surface area contributed by atoms with Crippen molar-refractivity contribution in [2.75, 3.05) is 31.6 Å². The Balaban J connectivity index is 1.28. The molecule has 3 amide bonds. The molecule has 0 unspecified atom stereocenters. The summed E-state index contributed by atoms with van der Waals surface area (Å²) in [4.78, 5) is 30.6. The molecule has 4 rings (SSSR count). The van der Waals surface area contributed by atoms with E-state index in [9.17, 15) is 9.59 Å². The van der Waals surface area contributed by atoms with Gasteiger partial charge in [-0.2, -0.15) is 0 Å². The lowest BCUT2D eigenvalue weighted by molar-refractivity contribution is 0.0642. The van der Waals surface area contributed by atoms with Gasteiger partial charge in [0.2, 0.25) is 0 Å². The van der Waals surface area contributed by atoms with Crippen LogP contribution in [0.2, 0.25) is 0 Å². The molecule has 2 aliphatic rings. The summed E-state index contributed by atoms with van der Waals surface area (Å²) in [6.45, 7) is 3.24. The number of carbonyl (C=O) groups is 2. The quantitative estimate of drug-likeness (QED) is 0.844. The molecule has 2 N–H and O–H groups in total. The van der Waals surface area contributed by atoms with Crippen LogP contribution < -0.4 is 10.6 Å². The maximum absolute atomic E-state index is 12.4. The number of pyridine rings is 1. The summed E-state index contributed by atoms with van der Waals surface area (Å²) in [6.07, 6.45) is 5.85. The highest BCUT2D eigenvalue weighted by Gasteiger charge is 2.23. The molecule has 0 saturated carbocycles. The van der Waals surface area contributed by atoms with Gasteiger partial charge in [-0.1, -0.05) is 0 Å². The van der Waals surface area contributed by atoms with Crippen LogP contribution in [0.25, 0.3) is 0 Å². The zero-order valence-electron chi connectivity index (χ0n) is 15.6. The van der Waals surface area contributed by atoms with Gasteiger partial charge in [0.05, 0.1) is 18.4 Å². The minimum atomic E-state index is -0.230. The third kappa shape index (κ3) is 4.33. The molecule has 4 heterocycles. The minimum Gasteiger partial charge on any atom is -0.467 e. The van der Waals surface area contributed by atoms with Gasteiger partial charge in [0.25, 0.3) is 5.91 Å². The Morgan fingerprint density at radius 2 is 2.07 bits per heavy atom. The average Bonchev–Trinajstić information content (AvgIpc) is 3.21. The highest BCUT2D eigenvalue weighted by atomic mass is 16.5. The van der Waals surface area contributed by atoms with Crippen molar-refractivity contribution in [3.63, 3.8) is 0 Å². The first kappa shape index (κ1) is 18.5. The zero-order valence-corrected chi connectivity index (χ0v) is 15.6. The summed E-state index contributed by atoms with van der Waals surface area (Å²) in [7, 11) is 0. The predicted octanol–water partition coefficient (Wildman–Crippen LogP) is 2.42. The molecule has 0 atom stereocenters. The number of nitrogens with zero attached hydrogens (tertiary/aromatic N) is 2. The van der Waals surface area contributed by atoms with E-state index in [2.05, 4.69) is 15.6 Å². The second-order valence-corrected chi connectivity index (χ2v) is 7.17. The van der Waals surface area contributed by atoms with E-state index in [1.165, 1.54) is 6.20 Å². The first-order valence-corrected chi connectivity index (χ1v) is 9.62. The normalized spacial score (nSPS) is 17.1. The molecule has 28 heavy (non-hydrogen) atoms. The fourth-order valence-electron chi connectivity index (χ4n) is 3.49. The SMILES string of the molecule is O=C(NCC1CCOCC1)c1ccc(NC(=O)N2CCc3ccoc3C2)nc1. The summed E-state index contributed by atoms with van der Waals surface area (Å²) in [5.74, 6) is 1.55. The van der Waals surface area contributed by atoms with Crippen LogP contribution >= 0.6 is 0 Å². The number of fused-ring (bicyclic) bond motifs is 1. The van der Waals surface area contributed by atoms with Gasteiger partial charge in [-0.3, -0.25) is 10.1 Å². The van der Waals surface area contributed by atoms with Gasteiger partial charge >= 0.3 is 6.03 Å². The van der Waals surface area contributed by atoms with Crippen LogP contribution in [0.1, 0.15) is 34.5 Å². The van der Waals surface area contributed by atoms with E-state index < -0.39 is 0 Å². The first-order chi connectivity index (χ1) is 13.7. The molecule has 2 aromatic heterocycles. The van der Waals surface area contributed by atoms with E-state index in [1.54, 1.807) is 23.3 Å². The van der Waals surface area contributed by atoms with E-state index >= 15 is 0 Å². The fraction of sp³-hybridized carbons (Fsp3) is 0.450. The summed E-state index contributed by atoms with van der Waals surface area (Å²) in [5.41, 5.74) is 1.63. The predicted molar refractivity (Wildman–Crippen MR) is 102 cm³/mol. The van der Waals surface area contributed by atoms with Crippen LogP contribution in [0.3, 0.4) is 0 Å². The van der Waals surface area contributed by atoms with Crippen LogP contribution in [0.4, 0.5) is 10.6 Å². The average molecular weight is 384 g/mol. The number of rotatable bonds is 4.